The van der Waals surface area contributed by atoms with Crippen molar-refractivity contribution in [1.29, 1.82) is 5.26 Å². The van der Waals surface area contributed by atoms with Gasteiger partial charge in [-0.2, -0.15) is 5.26 Å². The Bertz CT molecular complexity index is 287. The van der Waals surface area contributed by atoms with E-state index in [-0.39, 0.29) is 10.9 Å². The summed E-state index contributed by atoms with van der Waals surface area (Å²) in [6.07, 6.45) is 0. The molecule has 0 radical (unpaired) electrons. The number of nitrogens with zero attached hydrogens (tertiary/aromatic N) is 1. The van der Waals surface area contributed by atoms with E-state index in [1.54, 1.807) is 6.07 Å². The van der Waals surface area contributed by atoms with Crippen molar-refractivity contribution in [3.8, 4) is 6.07 Å². The van der Waals surface area contributed by atoms with E-state index in [4.69, 9.17) is 5.26 Å². The highest BCUT2D eigenvalue weighted by molar-refractivity contribution is 9.08. The quantitative estimate of drug-likeness (QED) is 0.699. The minimum absolute atomic E-state index is 0.0856. The molecule has 0 amide bonds. The van der Waals surface area contributed by atoms with Crippen LogP contribution >= 0.6 is 15.9 Å². The highest BCUT2D eigenvalue weighted by atomic mass is 79.9. The van der Waals surface area contributed by atoms with Crippen molar-refractivity contribution < 1.29 is 8.78 Å². The van der Waals surface area contributed by atoms with Crippen LogP contribution < -0.4 is 0 Å². The fourth-order valence-electron chi connectivity index (χ4n) is 0.660. The van der Waals surface area contributed by atoms with E-state index in [0.717, 1.165) is 0 Å². The van der Waals surface area contributed by atoms with Gasteiger partial charge in [-0.15, -0.1) is 0 Å². The molecule has 4 heteroatoms. The molecule has 0 unspecified atom stereocenters. The van der Waals surface area contributed by atoms with Crippen molar-refractivity contribution in [1.82, 2.24) is 0 Å². The van der Waals surface area contributed by atoms with Gasteiger partial charge in [0.25, 0.3) is 0 Å². The van der Waals surface area contributed by atoms with Crippen molar-refractivity contribution in [2.24, 2.45) is 0 Å². The molecule has 0 aliphatic heterocycles. The number of halogens is 3. The normalized spacial score (nSPS) is 8.23. The van der Waals surface area contributed by atoms with Crippen LogP contribution in [-0.2, 0) is 5.33 Å². The molecule has 0 spiro atoms. The zero-order chi connectivity index (χ0) is 10.3. The summed E-state index contributed by atoms with van der Waals surface area (Å²) in [6.45, 7) is 1.43. The molecule has 0 atom stereocenters. The molecule has 0 aliphatic carbocycles. The number of rotatable bonds is 1. The third-order valence-electron chi connectivity index (χ3n) is 1.20. The molecule has 1 nitrogen and oxygen atoms in total. The van der Waals surface area contributed by atoms with Crippen molar-refractivity contribution >= 4 is 15.9 Å². The molecule has 70 valence electrons. The molecule has 0 aliphatic rings. The van der Waals surface area contributed by atoms with Crippen LogP contribution in [0.15, 0.2) is 18.2 Å². The Kier molecular flexibility index (Phi) is 6.07. The summed E-state index contributed by atoms with van der Waals surface area (Å²) in [5.41, 5.74) is 0.0856. The average Bonchev–Trinajstić information content (AvgIpc) is 2.06. The van der Waals surface area contributed by atoms with E-state index in [0.29, 0.717) is 0 Å². The van der Waals surface area contributed by atoms with E-state index in [9.17, 15) is 8.78 Å². The molecule has 0 aromatic heterocycles. The third-order valence-corrected chi connectivity index (χ3v) is 1.76. The lowest BCUT2D eigenvalue weighted by molar-refractivity contribution is 0.567. The zero-order valence-corrected chi connectivity index (χ0v) is 8.61. The van der Waals surface area contributed by atoms with Gasteiger partial charge in [0.1, 0.15) is 11.6 Å². The fourth-order valence-corrected chi connectivity index (χ4v) is 1.20. The second-order valence-corrected chi connectivity index (χ2v) is 2.62. The summed E-state index contributed by atoms with van der Waals surface area (Å²) in [4.78, 5) is 0. The summed E-state index contributed by atoms with van der Waals surface area (Å²) >= 11 is 2.98. The van der Waals surface area contributed by atoms with Crippen LogP contribution in [-0.4, -0.2) is 0 Å². The lowest BCUT2D eigenvalue weighted by atomic mass is 10.2. The van der Waals surface area contributed by atoms with Gasteiger partial charge in [0, 0.05) is 17.8 Å². The van der Waals surface area contributed by atoms with Gasteiger partial charge in [0.15, 0.2) is 0 Å². The summed E-state index contributed by atoms with van der Waals surface area (Å²) in [7, 11) is 0. The SMILES string of the molecule is CC#N.Fc1cccc(F)c1CBr. The topological polar surface area (TPSA) is 23.8 Å². The molecule has 0 N–H and O–H groups in total. The van der Waals surface area contributed by atoms with E-state index < -0.39 is 11.6 Å². The Balaban J connectivity index is 0.000000424. The Hall–Kier alpha value is -0.950. The maximum atomic E-state index is 12.6. The first-order valence-electron chi connectivity index (χ1n) is 3.47. The summed E-state index contributed by atoms with van der Waals surface area (Å²) < 4.78 is 25.2. The molecule has 1 aromatic carbocycles. The number of hydrogen-bond donors (Lipinski definition) is 0. The Morgan fingerprint density at radius 1 is 1.38 bits per heavy atom. The van der Waals surface area contributed by atoms with Crippen LogP contribution in [0.2, 0.25) is 0 Å². The molecular weight excluding hydrogens is 240 g/mol. The first-order valence-corrected chi connectivity index (χ1v) is 4.59. The molecule has 0 saturated heterocycles. The standard InChI is InChI=1S/C7H5BrF2.C2H3N/c8-4-5-6(9)2-1-3-7(5)10;1-2-3/h1-3H,4H2;1H3. The zero-order valence-electron chi connectivity index (χ0n) is 7.02. The smallest absolute Gasteiger partial charge is 0.130 e. The largest absolute Gasteiger partial charge is 0.207 e. The maximum Gasteiger partial charge on any atom is 0.130 e. The van der Waals surface area contributed by atoms with Crippen LogP contribution in [0.3, 0.4) is 0 Å². The van der Waals surface area contributed by atoms with Crippen molar-refractivity contribution in [3.63, 3.8) is 0 Å². The van der Waals surface area contributed by atoms with E-state index in [1.165, 1.54) is 25.1 Å². The molecule has 1 aromatic rings. The summed E-state index contributed by atoms with van der Waals surface area (Å²) in [6, 6.07) is 5.57. The number of benzene rings is 1. The van der Waals surface area contributed by atoms with Gasteiger partial charge in [0.05, 0.1) is 6.07 Å². The first-order chi connectivity index (χ1) is 6.17. The van der Waals surface area contributed by atoms with Crippen LogP contribution in [0.4, 0.5) is 8.78 Å². The van der Waals surface area contributed by atoms with Crippen LogP contribution in [0.1, 0.15) is 12.5 Å². The van der Waals surface area contributed by atoms with Gasteiger partial charge in [-0.1, -0.05) is 22.0 Å². The van der Waals surface area contributed by atoms with Crippen molar-refractivity contribution in [2.75, 3.05) is 0 Å². The lowest BCUT2D eigenvalue weighted by Crippen LogP contribution is -1.89. The predicted octanol–water partition coefficient (Wildman–Crippen LogP) is 3.39. The predicted molar refractivity (Wildman–Crippen MR) is 50.3 cm³/mol. The van der Waals surface area contributed by atoms with Gasteiger partial charge in [-0.3, -0.25) is 0 Å². The Morgan fingerprint density at radius 3 is 2.00 bits per heavy atom. The third kappa shape index (κ3) is 4.00. The van der Waals surface area contributed by atoms with Crippen molar-refractivity contribution in [3.05, 3.63) is 35.4 Å². The maximum absolute atomic E-state index is 12.6. The van der Waals surface area contributed by atoms with Crippen LogP contribution in [0.5, 0.6) is 0 Å². The van der Waals surface area contributed by atoms with Gasteiger partial charge in [-0.25, -0.2) is 8.78 Å². The minimum atomic E-state index is -0.503. The molecule has 1 rings (SSSR count). The van der Waals surface area contributed by atoms with E-state index in [2.05, 4.69) is 15.9 Å². The van der Waals surface area contributed by atoms with Gasteiger partial charge >= 0.3 is 0 Å². The molecule has 0 bridgehead atoms. The highest BCUT2D eigenvalue weighted by Gasteiger charge is 2.04. The molecule has 13 heavy (non-hydrogen) atoms. The second-order valence-electron chi connectivity index (χ2n) is 2.06. The molecule has 0 saturated carbocycles. The Morgan fingerprint density at radius 2 is 1.77 bits per heavy atom. The van der Waals surface area contributed by atoms with Gasteiger partial charge in [-0.05, 0) is 12.1 Å². The van der Waals surface area contributed by atoms with Gasteiger partial charge in [0.2, 0.25) is 0 Å². The van der Waals surface area contributed by atoms with Gasteiger partial charge < -0.3 is 0 Å². The molecule has 0 fully saturated rings. The van der Waals surface area contributed by atoms with E-state index >= 15 is 0 Å². The van der Waals surface area contributed by atoms with Crippen molar-refractivity contribution in [2.45, 2.75) is 12.3 Å². The number of alkyl halides is 1. The molecule has 0 heterocycles. The minimum Gasteiger partial charge on any atom is -0.207 e. The second kappa shape index (κ2) is 6.55. The fraction of sp³-hybridized carbons (Fsp3) is 0.222. The van der Waals surface area contributed by atoms with Crippen LogP contribution in [0, 0.1) is 23.0 Å². The summed E-state index contributed by atoms with van der Waals surface area (Å²) in [5.74, 6) is -1.01. The first kappa shape index (κ1) is 12.0. The lowest BCUT2D eigenvalue weighted by Gasteiger charge is -1.97. The number of nitriles is 1. The molecular formula is C9H8BrF2N. The average molecular weight is 248 g/mol. The number of hydrogen-bond acceptors (Lipinski definition) is 1. The van der Waals surface area contributed by atoms with E-state index in [1.807, 2.05) is 0 Å². The highest BCUT2D eigenvalue weighted by Crippen LogP contribution is 2.14. The van der Waals surface area contributed by atoms with Crippen LogP contribution in [0.25, 0.3) is 0 Å². The summed E-state index contributed by atoms with van der Waals surface area (Å²) in [5, 5.41) is 7.53. The Labute approximate surface area is 84.1 Å². The monoisotopic (exact) mass is 247 g/mol.